The number of aromatic nitrogens is 1. The first kappa shape index (κ1) is 22.6. The summed E-state index contributed by atoms with van der Waals surface area (Å²) in [5, 5.41) is 19.6. The van der Waals surface area contributed by atoms with Crippen LogP contribution in [-0.4, -0.2) is 39.8 Å². The van der Waals surface area contributed by atoms with Crippen LogP contribution in [0.15, 0.2) is 77.6 Å². The molecule has 0 unspecified atom stereocenters. The molecule has 168 valence electrons. The van der Waals surface area contributed by atoms with Crippen molar-refractivity contribution in [1.29, 1.82) is 10.8 Å². The minimum Gasteiger partial charge on any atom is -0.313 e. The first-order chi connectivity index (χ1) is 16.5. The molecule has 1 heterocycles. The highest BCUT2D eigenvalue weighted by atomic mass is 16.1. The van der Waals surface area contributed by atoms with Gasteiger partial charge in [0.05, 0.1) is 11.9 Å². The van der Waals surface area contributed by atoms with Crippen molar-refractivity contribution >= 4 is 34.8 Å². The molecule has 1 fully saturated rings. The highest BCUT2D eigenvalue weighted by Crippen LogP contribution is 2.27. The Morgan fingerprint density at radius 3 is 2.71 bits per heavy atom. The van der Waals surface area contributed by atoms with Crippen molar-refractivity contribution < 1.29 is 4.79 Å². The minimum absolute atomic E-state index is 0.00125. The summed E-state index contributed by atoms with van der Waals surface area (Å²) in [6, 6.07) is 17.2. The van der Waals surface area contributed by atoms with E-state index < -0.39 is 5.91 Å². The number of carbonyl (C=O) groups excluding carboxylic acids is 1. The average Bonchev–Trinajstić information content (AvgIpc) is 3.71. The molecule has 3 aromatic rings. The average molecular weight is 449 g/mol. The second kappa shape index (κ2) is 9.92. The van der Waals surface area contributed by atoms with E-state index in [-0.39, 0.29) is 17.7 Å². The lowest BCUT2D eigenvalue weighted by atomic mass is 10.0. The van der Waals surface area contributed by atoms with Crippen LogP contribution >= 0.6 is 0 Å². The van der Waals surface area contributed by atoms with E-state index >= 15 is 0 Å². The molecule has 0 atom stereocenters. The van der Waals surface area contributed by atoms with E-state index in [4.69, 9.17) is 17.2 Å². The fourth-order valence-corrected chi connectivity index (χ4v) is 3.56. The highest BCUT2D eigenvalue weighted by Gasteiger charge is 2.31. The largest absolute Gasteiger partial charge is 0.313 e. The van der Waals surface area contributed by atoms with Gasteiger partial charge in [0.15, 0.2) is 11.7 Å². The van der Waals surface area contributed by atoms with E-state index in [1.165, 1.54) is 0 Å². The predicted molar refractivity (Wildman–Crippen MR) is 136 cm³/mol. The Morgan fingerprint density at radius 1 is 1.21 bits per heavy atom. The first-order valence-corrected chi connectivity index (χ1v) is 10.9. The summed E-state index contributed by atoms with van der Waals surface area (Å²) in [6.45, 7) is 1.74. The number of aliphatic imine (C=N–C) groups is 1. The molecule has 4 rings (SSSR count). The van der Waals surface area contributed by atoms with Gasteiger partial charge in [-0.2, -0.15) is 0 Å². The van der Waals surface area contributed by atoms with Crippen molar-refractivity contribution in [3.05, 3.63) is 78.1 Å². The third-order valence-corrected chi connectivity index (χ3v) is 5.50. The third-order valence-electron chi connectivity index (χ3n) is 5.50. The van der Waals surface area contributed by atoms with Crippen LogP contribution in [0.5, 0.6) is 0 Å². The second-order valence-electron chi connectivity index (χ2n) is 7.85. The minimum atomic E-state index is -0.402. The molecule has 0 radical (unpaired) electrons. The van der Waals surface area contributed by atoms with Crippen LogP contribution in [0, 0.1) is 23.2 Å². The number of para-hydroxylation sites is 1. The van der Waals surface area contributed by atoms with E-state index in [0.717, 1.165) is 41.2 Å². The summed E-state index contributed by atoms with van der Waals surface area (Å²) < 4.78 is 0. The Labute approximate surface area is 198 Å². The lowest BCUT2D eigenvalue weighted by molar-refractivity contribution is 0.0977. The molecule has 1 amide bonds. The number of carbonyl (C=O) groups is 1. The molecule has 1 aliphatic rings. The normalized spacial score (nSPS) is 13.8. The van der Waals surface area contributed by atoms with Crippen LogP contribution in [-0.2, 0) is 0 Å². The van der Waals surface area contributed by atoms with Gasteiger partial charge in [-0.05, 0) is 55.5 Å². The van der Waals surface area contributed by atoms with Crippen LogP contribution in [0.4, 0.5) is 0 Å². The molecule has 1 aromatic heterocycles. The fourth-order valence-electron chi connectivity index (χ4n) is 3.56. The van der Waals surface area contributed by atoms with Crippen LogP contribution in [0.2, 0.25) is 0 Å². The van der Waals surface area contributed by atoms with Gasteiger partial charge in [-0.1, -0.05) is 36.4 Å². The molecule has 0 spiro atoms. The molecular formula is C27H24N6O. The molecule has 3 N–H and O–H groups in total. The van der Waals surface area contributed by atoms with Gasteiger partial charge in [0.25, 0.3) is 5.91 Å². The summed E-state index contributed by atoms with van der Waals surface area (Å²) in [5.41, 5.74) is 3.37. The number of hydrogen-bond acceptors (Lipinski definition) is 5. The van der Waals surface area contributed by atoms with Crippen LogP contribution in [0.1, 0.15) is 30.1 Å². The molecule has 2 aromatic carbocycles. The number of rotatable bonds is 6. The van der Waals surface area contributed by atoms with Gasteiger partial charge in [0, 0.05) is 28.8 Å². The standard InChI is InChI=1S/C27H24N6O/c1-3-23(26(29)33(17-28)22-12-13-22)31-25(4-2)32-27(34)20-10-7-9-18(14-20)21-15-19-8-5-6-11-24(19)30-16-21/h2-3,5-11,14-17,22,28-29H,12-13H2,1H3,(H,31,32,34)/b23-3-,28-17?,29-26?. The molecule has 7 heteroatoms. The number of amides is 1. The summed E-state index contributed by atoms with van der Waals surface area (Å²) in [6.07, 6.45) is 12.0. The Hall–Kier alpha value is -4.57. The maximum absolute atomic E-state index is 12.9. The van der Waals surface area contributed by atoms with Crippen molar-refractivity contribution in [3.63, 3.8) is 0 Å². The molecular weight excluding hydrogens is 424 g/mol. The number of fused-ring (bicyclic) bond motifs is 1. The van der Waals surface area contributed by atoms with E-state index in [2.05, 4.69) is 21.2 Å². The zero-order valence-electron chi connectivity index (χ0n) is 18.7. The van der Waals surface area contributed by atoms with Crippen LogP contribution in [0.3, 0.4) is 0 Å². The maximum Gasteiger partial charge on any atom is 0.257 e. The Bertz CT molecular complexity index is 1380. The van der Waals surface area contributed by atoms with Crippen molar-refractivity contribution in [2.24, 2.45) is 4.99 Å². The van der Waals surface area contributed by atoms with Gasteiger partial charge < -0.3 is 4.90 Å². The summed E-state index contributed by atoms with van der Waals surface area (Å²) in [7, 11) is 0. The number of amidine groups is 2. The zero-order chi connectivity index (χ0) is 24.1. The second-order valence-corrected chi connectivity index (χ2v) is 7.85. The van der Waals surface area contributed by atoms with Gasteiger partial charge in [-0.3, -0.25) is 25.9 Å². The first-order valence-electron chi connectivity index (χ1n) is 10.9. The number of allylic oxidation sites excluding steroid dienone is 1. The predicted octanol–water partition coefficient (Wildman–Crippen LogP) is 4.62. The van der Waals surface area contributed by atoms with Gasteiger partial charge in [0.2, 0.25) is 0 Å². The SMILES string of the molecule is C#CC(=N/C(=C\C)C(=N)N(C=N)C1CC1)NC(=O)c1cccc(-c2cnc3ccccc3c2)c1. The van der Waals surface area contributed by atoms with Crippen molar-refractivity contribution in [1.82, 2.24) is 15.2 Å². The number of nitrogens with zero attached hydrogens (tertiary/aromatic N) is 3. The monoisotopic (exact) mass is 448 g/mol. The van der Waals surface area contributed by atoms with Crippen LogP contribution in [0.25, 0.3) is 22.0 Å². The summed E-state index contributed by atoms with van der Waals surface area (Å²) >= 11 is 0. The highest BCUT2D eigenvalue weighted by molar-refractivity contribution is 6.14. The topological polar surface area (TPSA) is 105 Å². The molecule has 0 aliphatic heterocycles. The van der Waals surface area contributed by atoms with Gasteiger partial charge >= 0.3 is 0 Å². The summed E-state index contributed by atoms with van der Waals surface area (Å²) in [4.78, 5) is 23.3. The molecule has 7 nitrogen and oxygen atoms in total. The number of benzene rings is 2. The fraction of sp³-hybridized carbons (Fsp3) is 0.148. The van der Waals surface area contributed by atoms with E-state index in [9.17, 15) is 4.79 Å². The Morgan fingerprint density at radius 2 is 2.00 bits per heavy atom. The van der Waals surface area contributed by atoms with E-state index in [1.54, 1.807) is 42.3 Å². The lowest BCUT2D eigenvalue weighted by Crippen LogP contribution is -2.33. The Kier molecular flexibility index (Phi) is 6.60. The van der Waals surface area contributed by atoms with Crippen molar-refractivity contribution in [3.8, 4) is 23.5 Å². The van der Waals surface area contributed by atoms with Crippen molar-refractivity contribution in [2.45, 2.75) is 25.8 Å². The molecule has 0 bridgehead atoms. The third kappa shape index (κ3) is 4.92. The van der Waals surface area contributed by atoms with Crippen LogP contribution < -0.4 is 5.32 Å². The summed E-state index contributed by atoms with van der Waals surface area (Å²) in [5.74, 6) is 2.06. The molecule has 34 heavy (non-hydrogen) atoms. The zero-order valence-corrected chi connectivity index (χ0v) is 18.7. The maximum atomic E-state index is 12.9. The number of nitrogens with one attached hydrogen (secondary N) is 3. The smallest absolute Gasteiger partial charge is 0.257 e. The van der Waals surface area contributed by atoms with Gasteiger partial charge in [0.1, 0.15) is 5.70 Å². The molecule has 1 aliphatic carbocycles. The van der Waals surface area contributed by atoms with E-state index in [0.29, 0.717) is 11.3 Å². The Balaban J connectivity index is 1.54. The quantitative estimate of drug-likeness (QED) is 0.291. The van der Waals surface area contributed by atoms with Crippen molar-refractivity contribution in [2.75, 3.05) is 0 Å². The van der Waals surface area contributed by atoms with Gasteiger partial charge in [-0.15, -0.1) is 6.42 Å². The molecule has 1 saturated carbocycles. The number of hydrogen-bond donors (Lipinski definition) is 3. The van der Waals surface area contributed by atoms with Gasteiger partial charge in [-0.25, -0.2) is 4.99 Å². The number of pyridine rings is 1. The molecule has 0 saturated heterocycles. The lowest BCUT2D eigenvalue weighted by Gasteiger charge is -2.19. The van der Waals surface area contributed by atoms with E-state index in [1.807, 2.05) is 36.4 Å². The number of terminal acetylenes is 1.